The number of nitrogens with zero attached hydrogens (tertiary/aromatic N) is 2. The molecule has 0 saturated carbocycles. The third-order valence-corrected chi connectivity index (χ3v) is 5.89. The number of nitrogens with one attached hydrogen (secondary N) is 1. The maximum absolute atomic E-state index is 12.5. The number of rotatable bonds is 10. The monoisotopic (exact) mass is 499 g/mol. The lowest BCUT2D eigenvalue weighted by molar-refractivity contribution is -0.106. The zero-order chi connectivity index (χ0) is 25.6. The number of amides is 1. The minimum atomic E-state index is -2.87. The number of fused-ring (bicyclic) bond motifs is 1. The van der Waals surface area contributed by atoms with Crippen LogP contribution in [0.1, 0.15) is 16.7 Å². The SMILES string of the molecule is O=CN(c1cccnc1)c1[nH]c2cccc(Cc3ccc(OC(F)F)cc3)c2c1OCc1ccccc1. The van der Waals surface area contributed by atoms with Crippen molar-refractivity contribution in [1.82, 2.24) is 9.97 Å². The zero-order valence-electron chi connectivity index (χ0n) is 19.7. The highest BCUT2D eigenvalue weighted by Crippen LogP contribution is 2.41. The molecule has 0 bridgehead atoms. The summed E-state index contributed by atoms with van der Waals surface area (Å²) in [5, 5.41) is 0.831. The van der Waals surface area contributed by atoms with Crippen molar-refractivity contribution in [3.05, 3.63) is 114 Å². The molecule has 2 aromatic heterocycles. The van der Waals surface area contributed by atoms with Crippen LogP contribution in [0.25, 0.3) is 10.9 Å². The molecule has 8 heteroatoms. The van der Waals surface area contributed by atoms with Crippen LogP contribution in [0.15, 0.2) is 97.3 Å². The molecule has 0 spiro atoms. The lowest BCUT2D eigenvalue weighted by atomic mass is 10.0. The van der Waals surface area contributed by atoms with Crippen molar-refractivity contribution in [2.24, 2.45) is 0 Å². The van der Waals surface area contributed by atoms with Gasteiger partial charge in [0.1, 0.15) is 12.4 Å². The Balaban J connectivity index is 1.57. The van der Waals surface area contributed by atoms with Gasteiger partial charge in [-0.3, -0.25) is 14.7 Å². The Morgan fingerprint density at radius 2 is 1.73 bits per heavy atom. The minimum absolute atomic E-state index is 0.103. The van der Waals surface area contributed by atoms with Crippen LogP contribution < -0.4 is 14.4 Å². The van der Waals surface area contributed by atoms with Crippen LogP contribution in [0, 0.1) is 0 Å². The zero-order valence-corrected chi connectivity index (χ0v) is 19.7. The smallest absolute Gasteiger partial charge is 0.387 e. The molecule has 0 aliphatic rings. The molecule has 1 N–H and O–H groups in total. The van der Waals surface area contributed by atoms with Gasteiger partial charge < -0.3 is 14.5 Å². The number of benzene rings is 3. The molecule has 3 aromatic carbocycles. The maximum atomic E-state index is 12.5. The van der Waals surface area contributed by atoms with Gasteiger partial charge in [-0.1, -0.05) is 54.6 Å². The molecule has 6 nitrogen and oxygen atoms in total. The summed E-state index contributed by atoms with van der Waals surface area (Å²) in [6, 6.07) is 25.7. The number of halogens is 2. The van der Waals surface area contributed by atoms with Crippen LogP contribution in [-0.4, -0.2) is 23.0 Å². The highest BCUT2D eigenvalue weighted by molar-refractivity contribution is 6.00. The van der Waals surface area contributed by atoms with Crippen LogP contribution >= 0.6 is 0 Å². The summed E-state index contributed by atoms with van der Waals surface area (Å²) in [6.45, 7) is -2.57. The first-order chi connectivity index (χ1) is 18.1. The second kappa shape index (κ2) is 10.9. The molecule has 1 amide bonds. The van der Waals surface area contributed by atoms with Gasteiger partial charge in [-0.2, -0.15) is 8.78 Å². The largest absolute Gasteiger partial charge is 0.484 e. The first kappa shape index (κ1) is 24.0. The molecular formula is C29H23F2N3O3. The quantitative estimate of drug-likeness (QED) is 0.219. The first-order valence-corrected chi connectivity index (χ1v) is 11.6. The molecule has 37 heavy (non-hydrogen) atoms. The Morgan fingerprint density at radius 3 is 2.43 bits per heavy atom. The summed E-state index contributed by atoms with van der Waals surface area (Å²) in [5.74, 6) is 1.12. The van der Waals surface area contributed by atoms with Crippen LogP contribution in [-0.2, 0) is 17.8 Å². The molecular weight excluding hydrogens is 476 g/mol. The van der Waals surface area contributed by atoms with Crippen LogP contribution in [0.2, 0.25) is 0 Å². The van der Waals surface area contributed by atoms with E-state index in [2.05, 4.69) is 14.7 Å². The molecule has 5 rings (SSSR count). The number of hydrogen-bond donors (Lipinski definition) is 1. The van der Waals surface area contributed by atoms with Gasteiger partial charge in [0.25, 0.3) is 0 Å². The predicted molar refractivity (Wildman–Crippen MR) is 137 cm³/mol. The standard InChI is InChI=1S/C29H23F2N3O3/c30-29(31)37-24-13-11-20(12-14-24)16-22-8-4-10-25-26(22)27(36-18-21-6-2-1-3-7-21)28(33-25)34(19-35)23-9-5-15-32-17-23/h1-15,17,19,29,33H,16,18H2. The van der Waals surface area contributed by atoms with Crippen LogP contribution in [0.3, 0.4) is 0 Å². The van der Waals surface area contributed by atoms with Crippen molar-refractivity contribution in [1.29, 1.82) is 0 Å². The number of alkyl halides is 2. The van der Waals surface area contributed by atoms with E-state index < -0.39 is 6.61 Å². The van der Waals surface area contributed by atoms with E-state index in [-0.39, 0.29) is 5.75 Å². The molecule has 0 unspecified atom stereocenters. The topological polar surface area (TPSA) is 67.5 Å². The summed E-state index contributed by atoms with van der Waals surface area (Å²) in [7, 11) is 0. The Kier molecular flexibility index (Phi) is 7.07. The Morgan fingerprint density at radius 1 is 0.919 bits per heavy atom. The van der Waals surface area contributed by atoms with Crippen molar-refractivity contribution in [2.45, 2.75) is 19.6 Å². The van der Waals surface area contributed by atoms with Gasteiger partial charge >= 0.3 is 6.61 Å². The average Bonchev–Trinajstić information content (AvgIpc) is 3.29. The average molecular weight is 500 g/mol. The number of carbonyl (C=O) groups is 1. The number of pyridine rings is 1. The molecule has 186 valence electrons. The molecule has 0 saturated heterocycles. The van der Waals surface area contributed by atoms with Gasteiger partial charge in [0.2, 0.25) is 6.41 Å². The number of aromatic amines is 1. The molecule has 0 atom stereocenters. The number of ether oxygens (including phenoxy) is 2. The number of aromatic nitrogens is 2. The number of hydrogen-bond acceptors (Lipinski definition) is 4. The van der Waals surface area contributed by atoms with Gasteiger partial charge in [0, 0.05) is 11.6 Å². The second-order valence-corrected chi connectivity index (χ2v) is 8.30. The summed E-state index contributed by atoms with van der Waals surface area (Å²) in [4.78, 5) is 21.2. The number of H-pyrrole nitrogens is 1. The van der Waals surface area contributed by atoms with Gasteiger partial charge in [-0.25, -0.2) is 0 Å². The lowest BCUT2D eigenvalue weighted by Crippen LogP contribution is -2.15. The van der Waals surface area contributed by atoms with E-state index in [1.165, 1.54) is 17.0 Å². The van der Waals surface area contributed by atoms with E-state index in [1.807, 2.05) is 48.5 Å². The van der Waals surface area contributed by atoms with Crippen molar-refractivity contribution in [2.75, 3.05) is 4.90 Å². The lowest BCUT2D eigenvalue weighted by Gasteiger charge is -2.18. The predicted octanol–water partition coefficient (Wildman–Crippen LogP) is 6.63. The fourth-order valence-corrected chi connectivity index (χ4v) is 4.21. The normalized spacial score (nSPS) is 11.0. The Hall–Kier alpha value is -4.72. The summed E-state index contributed by atoms with van der Waals surface area (Å²) in [5.41, 5.74) is 4.22. The first-order valence-electron chi connectivity index (χ1n) is 11.6. The highest BCUT2D eigenvalue weighted by Gasteiger charge is 2.22. The molecule has 0 fully saturated rings. The van der Waals surface area contributed by atoms with E-state index in [0.29, 0.717) is 30.3 Å². The summed E-state index contributed by atoms with van der Waals surface area (Å²) in [6.07, 6.45) is 4.48. The van der Waals surface area contributed by atoms with Crippen molar-refractivity contribution < 1.29 is 23.0 Å². The Labute approximate surface area is 212 Å². The third kappa shape index (κ3) is 5.43. The number of anilines is 2. The minimum Gasteiger partial charge on any atom is -0.484 e. The summed E-state index contributed by atoms with van der Waals surface area (Å²) < 4.78 is 35.9. The summed E-state index contributed by atoms with van der Waals surface area (Å²) >= 11 is 0. The van der Waals surface area contributed by atoms with Crippen LogP contribution in [0.5, 0.6) is 11.5 Å². The van der Waals surface area contributed by atoms with E-state index in [9.17, 15) is 13.6 Å². The molecule has 5 aromatic rings. The second-order valence-electron chi connectivity index (χ2n) is 8.30. The van der Waals surface area contributed by atoms with Crippen molar-refractivity contribution in [3.63, 3.8) is 0 Å². The molecule has 0 aliphatic heterocycles. The van der Waals surface area contributed by atoms with Gasteiger partial charge in [-0.05, 0) is 53.4 Å². The van der Waals surface area contributed by atoms with Gasteiger partial charge in [-0.15, -0.1) is 0 Å². The molecule has 0 aliphatic carbocycles. The number of carbonyl (C=O) groups excluding carboxylic acids is 1. The molecule has 0 radical (unpaired) electrons. The van der Waals surface area contributed by atoms with Crippen molar-refractivity contribution >= 4 is 28.8 Å². The maximum Gasteiger partial charge on any atom is 0.387 e. The van der Waals surface area contributed by atoms with Gasteiger partial charge in [0.05, 0.1) is 17.4 Å². The fourth-order valence-electron chi connectivity index (χ4n) is 4.21. The third-order valence-electron chi connectivity index (χ3n) is 5.89. The van der Waals surface area contributed by atoms with Crippen molar-refractivity contribution in [3.8, 4) is 11.5 Å². The van der Waals surface area contributed by atoms with E-state index in [1.54, 1.807) is 36.7 Å². The molecule has 2 heterocycles. The Bertz CT molecular complexity index is 1470. The van der Waals surface area contributed by atoms with E-state index in [4.69, 9.17) is 4.74 Å². The van der Waals surface area contributed by atoms with E-state index >= 15 is 0 Å². The van der Waals surface area contributed by atoms with Gasteiger partial charge in [0.15, 0.2) is 11.6 Å². The fraction of sp³-hybridized carbons (Fsp3) is 0.103. The van der Waals surface area contributed by atoms with Crippen LogP contribution in [0.4, 0.5) is 20.3 Å². The van der Waals surface area contributed by atoms with E-state index in [0.717, 1.165) is 34.0 Å². The highest BCUT2D eigenvalue weighted by atomic mass is 19.3.